The maximum absolute atomic E-state index is 13.2. The fraction of sp³-hybridized carbons (Fsp3) is 0.333. The molecule has 1 saturated carbocycles. The zero-order valence-electron chi connectivity index (χ0n) is 20.0. The van der Waals surface area contributed by atoms with Crippen LogP contribution in [0.5, 0.6) is 0 Å². The summed E-state index contributed by atoms with van der Waals surface area (Å²) in [4.78, 5) is 49.2. The molecule has 2 atom stereocenters. The van der Waals surface area contributed by atoms with Crippen molar-refractivity contribution in [3.63, 3.8) is 0 Å². The van der Waals surface area contributed by atoms with Crippen LogP contribution in [0.3, 0.4) is 0 Å². The number of pyridine rings is 1. The van der Waals surface area contributed by atoms with Gasteiger partial charge in [-0.05, 0) is 24.8 Å². The Morgan fingerprint density at radius 1 is 1.32 bits per heavy atom. The van der Waals surface area contributed by atoms with Crippen LogP contribution in [0.1, 0.15) is 18.5 Å². The SMILES string of the molecule is Nc1nc(/C(=N\OCC2CC2)C(=O)N[C@@H]2C(=O)N3C(C(=O)[O-])=C(C[n+]4ccn5ccccc54)CS[C@H]23)cs1. The van der Waals surface area contributed by atoms with Gasteiger partial charge in [-0.2, -0.15) is 0 Å². The van der Waals surface area contributed by atoms with E-state index in [0.717, 1.165) is 29.8 Å². The Labute approximate surface area is 224 Å². The molecule has 2 amide bonds. The standard InChI is InChI=1S/C24H23N7O5S2/c25-24-26-15(12-38-24)17(28-36-10-13-4-5-13)20(32)27-18-21(33)31-19(23(34)35)14(11-37-22(18)31)9-30-8-7-29-6-2-1-3-16(29)30/h1-3,6-8,12-13,18,22H,4-5,9-11H2,(H3-,25,26,27,32,34,35)/b28-17+/t18-,22-/m1/s1. The number of oxime groups is 1. The van der Waals surface area contributed by atoms with Crippen molar-refractivity contribution >= 4 is 57.4 Å². The van der Waals surface area contributed by atoms with Gasteiger partial charge in [-0.25, -0.2) is 14.0 Å². The molecule has 3 aromatic heterocycles. The number of fused-ring (bicyclic) bond motifs is 2. The van der Waals surface area contributed by atoms with E-state index in [-0.39, 0.29) is 28.8 Å². The van der Waals surface area contributed by atoms with Gasteiger partial charge in [0, 0.05) is 22.8 Å². The minimum absolute atomic E-state index is 0.0843. The third kappa shape index (κ3) is 4.49. The number of aliphatic carboxylic acids is 1. The van der Waals surface area contributed by atoms with E-state index in [1.165, 1.54) is 16.7 Å². The summed E-state index contributed by atoms with van der Waals surface area (Å²) in [5.74, 6) is -1.83. The molecule has 0 unspecified atom stereocenters. The molecule has 14 heteroatoms. The summed E-state index contributed by atoms with van der Waals surface area (Å²) in [6.45, 7) is 0.674. The van der Waals surface area contributed by atoms with Crippen molar-refractivity contribution in [1.82, 2.24) is 19.6 Å². The number of carboxylic acids is 1. The van der Waals surface area contributed by atoms with Gasteiger partial charge in [0.1, 0.15) is 42.7 Å². The number of amides is 2. The van der Waals surface area contributed by atoms with Crippen LogP contribution in [0, 0.1) is 5.92 Å². The summed E-state index contributed by atoms with van der Waals surface area (Å²) in [7, 11) is 0. The zero-order valence-corrected chi connectivity index (χ0v) is 21.6. The molecule has 3 N–H and O–H groups in total. The molecule has 0 aromatic carbocycles. The molecule has 6 rings (SSSR count). The minimum atomic E-state index is -1.43. The van der Waals surface area contributed by atoms with Gasteiger partial charge < -0.3 is 25.8 Å². The van der Waals surface area contributed by atoms with E-state index < -0.39 is 29.2 Å². The molecule has 2 fully saturated rings. The summed E-state index contributed by atoms with van der Waals surface area (Å²) < 4.78 is 3.83. The lowest BCUT2D eigenvalue weighted by Gasteiger charge is -2.50. The van der Waals surface area contributed by atoms with Crippen molar-refractivity contribution in [2.75, 3.05) is 18.1 Å². The fourth-order valence-electron chi connectivity index (χ4n) is 4.48. The van der Waals surface area contributed by atoms with E-state index in [1.807, 2.05) is 45.8 Å². The number of hydrogen-bond acceptors (Lipinski definition) is 10. The van der Waals surface area contributed by atoms with Crippen LogP contribution in [-0.4, -0.2) is 61.6 Å². The highest BCUT2D eigenvalue weighted by molar-refractivity contribution is 8.00. The van der Waals surface area contributed by atoms with Gasteiger partial charge in [-0.1, -0.05) is 11.2 Å². The molecule has 12 nitrogen and oxygen atoms in total. The minimum Gasteiger partial charge on any atom is -0.543 e. The second-order valence-electron chi connectivity index (χ2n) is 9.24. The summed E-state index contributed by atoms with van der Waals surface area (Å²) in [5.41, 5.74) is 7.18. The first-order valence-corrected chi connectivity index (χ1v) is 13.9. The summed E-state index contributed by atoms with van der Waals surface area (Å²) in [6.07, 6.45) is 7.73. The van der Waals surface area contributed by atoms with Gasteiger partial charge in [0.05, 0.1) is 17.9 Å². The van der Waals surface area contributed by atoms with E-state index in [9.17, 15) is 19.5 Å². The van der Waals surface area contributed by atoms with Crippen LogP contribution in [0.15, 0.2) is 58.6 Å². The van der Waals surface area contributed by atoms with Gasteiger partial charge in [-0.3, -0.25) is 14.5 Å². The Bertz CT molecular complexity index is 1510. The number of imidazole rings is 1. The molecule has 1 aliphatic carbocycles. The largest absolute Gasteiger partial charge is 0.543 e. The lowest BCUT2D eigenvalue weighted by Crippen LogP contribution is -2.71. The van der Waals surface area contributed by atoms with Crippen molar-refractivity contribution in [2.24, 2.45) is 11.1 Å². The Hall–Kier alpha value is -3.91. The average Bonchev–Trinajstić information content (AvgIpc) is 3.50. The van der Waals surface area contributed by atoms with Crippen LogP contribution >= 0.6 is 23.1 Å². The molecule has 5 heterocycles. The van der Waals surface area contributed by atoms with Crippen LogP contribution in [0.4, 0.5) is 5.13 Å². The number of nitrogens with one attached hydrogen (secondary N) is 1. The van der Waals surface area contributed by atoms with Crippen molar-refractivity contribution in [3.05, 3.63) is 59.1 Å². The van der Waals surface area contributed by atoms with Crippen molar-refractivity contribution in [2.45, 2.75) is 30.8 Å². The summed E-state index contributed by atoms with van der Waals surface area (Å²) >= 11 is 2.54. The normalized spacial score (nSPS) is 21.3. The van der Waals surface area contributed by atoms with Gasteiger partial charge in [0.2, 0.25) is 0 Å². The number of nitrogens with two attached hydrogens (primary N) is 1. The number of β-lactam (4-membered cyclic amide) rings is 1. The van der Waals surface area contributed by atoms with Crippen molar-refractivity contribution in [1.29, 1.82) is 0 Å². The van der Waals surface area contributed by atoms with E-state index in [2.05, 4.69) is 15.5 Å². The monoisotopic (exact) mass is 553 g/mol. The molecule has 0 spiro atoms. The number of carboxylic acid groups (broad SMARTS) is 1. The highest BCUT2D eigenvalue weighted by Crippen LogP contribution is 2.40. The first-order valence-electron chi connectivity index (χ1n) is 12.0. The number of carbonyl (C=O) groups excluding carboxylic acids is 3. The third-order valence-corrected chi connectivity index (χ3v) is 8.61. The molecular weight excluding hydrogens is 530 g/mol. The Kier molecular flexibility index (Phi) is 6.27. The van der Waals surface area contributed by atoms with Crippen molar-refractivity contribution < 1.29 is 28.9 Å². The molecule has 2 aliphatic heterocycles. The maximum atomic E-state index is 13.2. The van der Waals surface area contributed by atoms with Crippen LogP contribution in [0.2, 0.25) is 0 Å². The maximum Gasteiger partial charge on any atom is 0.286 e. The Morgan fingerprint density at radius 3 is 2.89 bits per heavy atom. The van der Waals surface area contributed by atoms with Gasteiger partial charge in [-0.15, -0.1) is 23.1 Å². The molecule has 38 heavy (non-hydrogen) atoms. The number of nitrogens with zero attached hydrogens (tertiary/aromatic N) is 5. The number of hydrogen-bond donors (Lipinski definition) is 2. The van der Waals surface area contributed by atoms with E-state index >= 15 is 0 Å². The number of anilines is 1. The van der Waals surface area contributed by atoms with Gasteiger partial charge >= 0.3 is 0 Å². The first-order chi connectivity index (χ1) is 18.4. The van der Waals surface area contributed by atoms with Crippen LogP contribution < -0.4 is 20.7 Å². The number of rotatable bonds is 9. The predicted molar refractivity (Wildman–Crippen MR) is 136 cm³/mol. The van der Waals surface area contributed by atoms with E-state index in [1.54, 1.807) is 5.38 Å². The second kappa shape index (κ2) is 9.76. The smallest absolute Gasteiger partial charge is 0.286 e. The average molecular weight is 554 g/mol. The topological polar surface area (TPSA) is 158 Å². The molecular formula is C24H23N7O5S2. The molecule has 1 saturated heterocycles. The highest BCUT2D eigenvalue weighted by atomic mass is 32.2. The molecule has 0 bridgehead atoms. The van der Waals surface area contributed by atoms with Gasteiger partial charge in [0.25, 0.3) is 17.5 Å². The number of nitrogen functional groups attached to an aromatic ring is 1. The lowest BCUT2D eigenvalue weighted by atomic mass is 10.0. The number of aromatic nitrogens is 3. The fourth-order valence-corrected chi connectivity index (χ4v) is 6.36. The predicted octanol–water partition coefficient (Wildman–Crippen LogP) is -0.500. The molecule has 3 aliphatic rings. The molecule has 196 valence electrons. The van der Waals surface area contributed by atoms with Crippen molar-refractivity contribution in [3.8, 4) is 0 Å². The van der Waals surface area contributed by atoms with Crippen LogP contribution in [0.25, 0.3) is 5.65 Å². The summed E-state index contributed by atoms with van der Waals surface area (Å²) in [5, 5.41) is 20.1. The summed E-state index contributed by atoms with van der Waals surface area (Å²) in [6, 6.07) is 4.78. The number of thiazole rings is 1. The number of carbonyl (C=O) groups is 3. The Morgan fingerprint density at radius 2 is 2.16 bits per heavy atom. The Balaban J connectivity index is 1.21. The van der Waals surface area contributed by atoms with E-state index in [0.29, 0.717) is 23.9 Å². The lowest BCUT2D eigenvalue weighted by molar-refractivity contribution is -0.662. The zero-order chi connectivity index (χ0) is 26.4. The highest BCUT2D eigenvalue weighted by Gasteiger charge is 2.53. The molecule has 3 aromatic rings. The van der Waals surface area contributed by atoms with Crippen LogP contribution in [-0.2, 0) is 25.8 Å². The first kappa shape index (κ1) is 24.4. The van der Waals surface area contributed by atoms with Gasteiger partial charge in [0.15, 0.2) is 10.8 Å². The van der Waals surface area contributed by atoms with E-state index in [4.69, 9.17) is 10.6 Å². The second-order valence-corrected chi connectivity index (χ2v) is 11.2. The third-order valence-electron chi connectivity index (χ3n) is 6.60. The number of thioether (sulfide) groups is 1. The quantitative estimate of drug-likeness (QED) is 0.155. The molecule has 0 radical (unpaired) electrons.